The molecule has 0 spiro atoms. The summed E-state index contributed by atoms with van der Waals surface area (Å²) < 4.78 is 6.26. The summed E-state index contributed by atoms with van der Waals surface area (Å²) in [6, 6.07) is 13.8. The van der Waals surface area contributed by atoms with Crippen LogP contribution in [0.3, 0.4) is 0 Å². The fourth-order valence-corrected chi connectivity index (χ4v) is 5.91. The maximum atomic E-state index is 9.25. The molecule has 2 aromatic heterocycles. The molecule has 1 unspecified atom stereocenters. The van der Waals surface area contributed by atoms with Crippen molar-refractivity contribution < 1.29 is 4.74 Å². The molecule has 9 nitrogen and oxygen atoms in total. The molecule has 3 aromatic rings. The average Bonchev–Trinajstić information content (AvgIpc) is 3.35. The van der Waals surface area contributed by atoms with Crippen molar-refractivity contribution in [2.75, 3.05) is 56.2 Å². The number of rotatable bonds is 6. The highest BCUT2D eigenvalue weighted by Gasteiger charge is 2.29. The zero-order valence-electron chi connectivity index (χ0n) is 21.4. The number of pyridine rings is 1. The molecule has 6 rings (SSSR count). The van der Waals surface area contributed by atoms with Gasteiger partial charge >= 0.3 is 6.01 Å². The first kappa shape index (κ1) is 23.9. The van der Waals surface area contributed by atoms with E-state index in [1.54, 1.807) is 0 Å². The largest absolute Gasteiger partial charge is 0.462 e. The highest BCUT2D eigenvalue weighted by molar-refractivity contribution is 5.91. The Bertz CT molecular complexity index is 1300. The third-order valence-corrected chi connectivity index (χ3v) is 7.96. The van der Waals surface area contributed by atoms with Gasteiger partial charge in [-0.1, -0.05) is 6.07 Å². The Morgan fingerprint density at radius 1 is 1.14 bits per heavy atom. The van der Waals surface area contributed by atoms with Gasteiger partial charge in [-0.15, -0.1) is 0 Å². The molecule has 37 heavy (non-hydrogen) atoms. The molecule has 2 saturated heterocycles. The molecule has 1 N–H and O–H groups in total. The Balaban J connectivity index is 1.32. The molecule has 3 aliphatic rings. The Morgan fingerprint density at radius 2 is 2.08 bits per heavy atom. The molecular weight excluding hydrogens is 464 g/mol. The van der Waals surface area contributed by atoms with Gasteiger partial charge in [-0.3, -0.25) is 4.98 Å². The van der Waals surface area contributed by atoms with Crippen LogP contribution in [-0.4, -0.2) is 78.3 Å². The van der Waals surface area contributed by atoms with E-state index in [0.717, 1.165) is 68.0 Å². The molecule has 0 radical (unpaired) electrons. The summed E-state index contributed by atoms with van der Waals surface area (Å²) in [6.07, 6.45) is 5.54. The smallest absolute Gasteiger partial charge is 0.318 e. The van der Waals surface area contributed by atoms with E-state index in [-0.39, 0.29) is 6.04 Å². The van der Waals surface area contributed by atoms with Gasteiger partial charge in [-0.2, -0.15) is 15.2 Å². The molecule has 2 atom stereocenters. The molecule has 1 aromatic carbocycles. The van der Waals surface area contributed by atoms with Gasteiger partial charge in [0.15, 0.2) is 0 Å². The van der Waals surface area contributed by atoms with Gasteiger partial charge in [0.1, 0.15) is 12.4 Å². The third kappa shape index (κ3) is 4.91. The lowest BCUT2D eigenvalue weighted by Gasteiger charge is -2.37. The van der Waals surface area contributed by atoms with Crippen LogP contribution < -0.4 is 19.9 Å². The van der Waals surface area contributed by atoms with Gasteiger partial charge in [0, 0.05) is 61.1 Å². The number of nitriles is 1. The van der Waals surface area contributed by atoms with Crippen molar-refractivity contribution in [2.45, 2.75) is 44.3 Å². The Labute approximate surface area is 218 Å². The maximum Gasteiger partial charge on any atom is 0.318 e. The molecule has 192 valence electrons. The topological polar surface area (TPSA) is 93.4 Å². The molecule has 3 aliphatic heterocycles. The Hall–Kier alpha value is -3.48. The summed E-state index contributed by atoms with van der Waals surface area (Å²) in [5.74, 6) is 0.975. The lowest BCUT2D eigenvalue weighted by molar-refractivity contribution is 0.187. The minimum atomic E-state index is 0.143. The van der Waals surface area contributed by atoms with Crippen LogP contribution >= 0.6 is 0 Å². The number of piperazine rings is 1. The molecule has 5 heterocycles. The minimum absolute atomic E-state index is 0.143. The maximum absolute atomic E-state index is 9.25. The monoisotopic (exact) mass is 498 g/mol. The summed E-state index contributed by atoms with van der Waals surface area (Å²) in [7, 11) is 2.16. The first-order chi connectivity index (χ1) is 18.2. The average molecular weight is 499 g/mol. The van der Waals surface area contributed by atoms with Gasteiger partial charge in [0.05, 0.1) is 30.2 Å². The van der Waals surface area contributed by atoms with Crippen molar-refractivity contribution in [3.05, 3.63) is 47.8 Å². The quantitative estimate of drug-likeness (QED) is 0.551. The second-order valence-electron chi connectivity index (χ2n) is 10.3. The van der Waals surface area contributed by atoms with Gasteiger partial charge in [0.2, 0.25) is 0 Å². The predicted molar refractivity (Wildman–Crippen MR) is 144 cm³/mol. The number of benzene rings is 1. The first-order valence-electron chi connectivity index (χ1n) is 13.4. The van der Waals surface area contributed by atoms with E-state index in [0.29, 0.717) is 31.6 Å². The van der Waals surface area contributed by atoms with Crippen molar-refractivity contribution in [3.63, 3.8) is 0 Å². The van der Waals surface area contributed by atoms with E-state index in [2.05, 4.69) is 62.4 Å². The number of anilines is 2. The van der Waals surface area contributed by atoms with Crippen LogP contribution in [0.1, 0.15) is 30.5 Å². The summed E-state index contributed by atoms with van der Waals surface area (Å²) in [5, 5.41) is 13.9. The number of likely N-dealkylation sites (N-methyl/N-ethyl adjacent to an activating group) is 1. The van der Waals surface area contributed by atoms with Crippen LogP contribution in [0.15, 0.2) is 36.5 Å². The van der Waals surface area contributed by atoms with Gasteiger partial charge in [-0.25, -0.2) is 0 Å². The van der Waals surface area contributed by atoms with Crippen molar-refractivity contribution in [3.8, 4) is 12.1 Å². The van der Waals surface area contributed by atoms with Crippen LogP contribution in [0.2, 0.25) is 0 Å². The van der Waals surface area contributed by atoms with E-state index in [1.807, 2.05) is 12.3 Å². The van der Waals surface area contributed by atoms with Crippen LogP contribution in [-0.2, 0) is 13.0 Å². The molecule has 0 aliphatic carbocycles. The number of nitrogens with one attached hydrogen (secondary N) is 1. The fraction of sp³-hybridized carbons (Fsp3) is 0.500. The third-order valence-electron chi connectivity index (χ3n) is 7.96. The van der Waals surface area contributed by atoms with Crippen molar-refractivity contribution in [1.82, 2.24) is 25.2 Å². The SMILES string of the molecule is CN1CCC[C@H]1COc1nc2c(c(N3CCNC(CC#N)C3)n1)CCN(c1cccc3ncccc13)C2. The highest BCUT2D eigenvalue weighted by Crippen LogP contribution is 2.34. The second-order valence-corrected chi connectivity index (χ2v) is 10.3. The summed E-state index contributed by atoms with van der Waals surface area (Å²) in [4.78, 5) is 21.6. The first-order valence-corrected chi connectivity index (χ1v) is 13.4. The molecule has 2 fully saturated rings. The van der Waals surface area contributed by atoms with E-state index in [9.17, 15) is 5.26 Å². The minimum Gasteiger partial charge on any atom is -0.462 e. The zero-order valence-corrected chi connectivity index (χ0v) is 21.4. The number of fused-ring (bicyclic) bond motifs is 2. The molecule has 0 amide bonds. The second kappa shape index (κ2) is 10.5. The van der Waals surface area contributed by atoms with Gasteiger partial charge in [0.25, 0.3) is 0 Å². The number of nitrogens with zero attached hydrogens (tertiary/aromatic N) is 7. The van der Waals surface area contributed by atoms with E-state index in [4.69, 9.17) is 14.7 Å². The van der Waals surface area contributed by atoms with E-state index >= 15 is 0 Å². The van der Waals surface area contributed by atoms with E-state index in [1.165, 1.54) is 17.7 Å². The van der Waals surface area contributed by atoms with Crippen LogP contribution in [0, 0.1) is 11.3 Å². The molecule has 9 heteroatoms. The lowest BCUT2D eigenvalue weighted by atomic mass is 10.0. The van der Waals surface area contributed by atoms with Crippen LogP contribution in [0.4, 0.5) is 11.5 Å². The number of likely N-dealkylation sites (tertiary alicyclic amines) is 1. The molecule has 0 bridgehead atoms. The zero-order chi connectivity index (χ0) is 25.2. The van der Waals surface area contributed by atoms with Gasteiger partial charge in [-0.05, 0) is 57.1 Å². The van der Waals surface area contributed by atoms with Crippen LogP contribution in [0.25, 0.3) is 10.9 Å². The fourth-order valence-electron chi connectivity index (χ4n) is 5.91. The number of aromatic nitrogens is 3. The predicted octanol–water partition coefficient (Wildman–Crippen LogP) is 2.75. The van der Waals surface area contributed by atoms with Crippen molar-refractivity contribution in [2.24, 2.45) is 0 Å². The normalized spacial score (nSPS) is 22.2. The Morgan fingerprint density at radius 3 is 2.95 bits per heavy atom. The number of hydrogen-bond donors (Lipinski definition) is 1. The van der Waals surface area contributed by atoms with Gasteiger partial charge < -0.3 is 24.8 Å². The highest BCUT2D eigenvalue weighted by atomic mass is 16.5. The molecule has 0 saturated carbocycles. The number of ether oxygens (including phenoxy) is 1. The van der Waals surface area contributed by atoms with Crippen molar-refractivity contribution in [1.29, 1.82) is 5.26 Å². The van der Waals surface area contributed by atoms with Crippen LogP contribution in [0.5, 0.6) is 6.01 Å². The number of hydrogen-bond acceptors (Lipinski definition) is 9. The van der Waals surface area contributed by atoms with E-state index < -0.39 is 0 Å². The summed E-state index contributed by atoms with van der Waals surface area (Å²) >= 11 is 0. The summed E-state index contributed by atoms with van der Waals surface area (Å²) in [6.45, 7) is 5.76. The Kier molecular flexibility index (Phi) is 6.77. The van der Waals surface area contributed by atoms with Crippen molar-refractivity contribution >= 4 is 22.4 Å². The standard InChI is InChI=1S/C28H34N8O/c1-34-14-4-5-21(34)19-37-28-32-25-18-35(26-8-2-7-24-22(26)6-3-12-31-24)15-10-23(25)27(33-28)36-16-13-30-20(17-36)9-11-29/h2-3,6-8,12,20-21,30H,4-5,9-10,13-19H2,1H3/t20?,21-/m0/s1. The summed E-state index contributed by atoms with van der Waals surface area (Å²) in [5.41, 5.74) is 4.42. The molecular formula is C28H34N8O. The lowest BCUT2D eigenvalue weighted by Crippen LogP contribution is -2.51.